The van der Waals surface area contributed by atoms with E-state index in [-0.39, 0.29) is 6.42 Å². The van der Waals surface area contributed by atoms with Crippen molar-refractivity contribution in [1.29, 1.82) is 0 Å². The van der Waals surface area contributed by atoms with Crippen molar-refractivity contribution in [2.45, 2.75) is 32.3 Å². The number of carboxylic acids is 1. The zero-order chi connectivity index (χ0) is 11.4. The second-order valence-corrected chi connectivity index (χ2v) is 3.94. The van der Waals surface area contributed by atoms with Gasteiger partial charge in [-0.25, -0.2) is 0 Å². The molecule has 1 rings (SSSR count). The first-order valence-electron chi connectivity index (χ1n) is 5.00. The molecule has 3 nitrogen and oxygen atoms in total. The maximum absolute atomic E-state index is 10.4. The average Bonchev–Trinajstić information content (AvgIpc) is 2.17. The Labute approximate surface area is 89.4 Å². The van der Waals surface area contributed by atoms with Crippen LogP contribution in [0.25, 0.3) is 0 Å². The Balaban J connectivity index is 2.85. The summed E-state index contributed by atoms with van der Waals surface area (Å²) in [5.74, 6) is -0.612. The van der Waals surface area contributed by atoms with Gasteiger partial charge in [0.25, 0.3) is 0 Å². The Kier molecular flexibility index (Phi) is 3.86. The zero-order valence-electron chi connectivity index (χ0n) is 8.97. The average molecular weight is 208 g/mol. The smallest absolute Gasteiger partial charge is 0.306 e. The van der Waals surface area contributed by atoms with Crippen LogP contribution in [0.5, 0.6) is 0 Å². The van der Waals surface area contributed by atoms with Crippen LogP contribution in [0.15, 0.2) is 24.3 Å². The molecule has 0 aromatic heterocycles. The van der Waals surface area contributed by atoms with E-state index in [4.69, 9.17) is 5.11 Å². The van der Waals surface area contributed by atoms with Crippen LogP contribution in [0.2, 0.25) is 0 Å². The van der Waals surface area contributed by atoms with Crippen LogP contribution in [0, 0.1) is 0 Å². The fraction of sp³-hybridized carbons (Fsp3) is 0.417. The van der Waals surface area contributed by atoms with E-state index in [1.807, 2.05) is 18.2 Å². The molecule has 1 atom stereocenters. The van der Waals surface area contributed by atoms with E-state index in [1.54, 1.807) is 6.07 Å². The third-order valence-corrected chi connectivity index (χ3v) is 2.33. The molecule has 15 heavy (non-hydrogen) atoms. The topological polar surface area (TPSA) is 57.5 Å². The lowest BCUT2D eigenvalue weighted by Gasteiger charge is -2.11. The summed E-state index contributed by atoms with van der Waals surface area (Å²) in [6.45, 7) is 4.12. The molecule has 0 bridgehead atoms. The molecule has 0 spiro atoms. The van der Waals surface area contributed by atoms with Gasteiger partial charge in [0.1, 0.15) is 0 Å². The van der Waals surface area contributed by atoms with Gasteiger partial charge in [0.2, 0.25) is 0 Å². The van der Waals surface area contributed by atoms with Gasteiger partial charge in [0.15, 0.2) is 0 Å². The highest BCUT2D eigenvalue weighted by atomic mass is 16.4. The Morgan fingerprint density at radius 1 is 1.33 bits per heavy atom. The van der Waals surface area contributed by atoms with Crippen LogP contribution in [0.1, 0.15) is 43.4 Å². The summed E-state index contributed by atoms with van der Waals surface area (Å²) < 4.78 is 0. The largest absolute Gasteiger partial charge is 0.481 e. The second-order valence-electron chi connectivity index (χ2n) is 3.94. The van der Waals surface area contributed by atoms with Crippen LogP contribution in [-0.2, 0) is 4.79 Å². The molecule has 82 valence electrons. The highest BCUT2D eigenvalue weighted by molar-refractivity contribution is 5.67. The van der Waals surface area contributed by atoms with Crippen LogP contribution in [0.4, 0.5) is 0 Å². The molecule has 1 aromatic rings. The van der Waals surface area contributed by atoms with Gasteiger partial charge in [-0.3, -0.25) is 4.79 Å². The summed E-state index contributed by atoms with van der Waals surface area (Å²) in [7, 11) is 0. The Bertz CT molecular complexity index is 344. The number of rotatable bonds is 4. The van der Waals surface area contributed by atoms with E-state index < -0.39 is 12.1 Å². The number of carbonyl (C=O) groups is 1. The Hall–Kier alpha value is -1.35. The lowest BCUT2D eigenvalue weighted by atomic mass is 9.98. The predicted octanol–water partition coefficient (Wildman–Crippen LogP) is 2.32. The molecular weight excluding hydrogens is 192 g/mol. The SMILES string of the molecule is CC(C)c1cccc([C@@H](O)CC(=O)O)c1. The van der Waals surface area contributed by atoms with Gasteiger partial charge in [0, 0.05) is 0 Å². The maximum atomic E-state index is 10.4. The van der Waals surface area contributed by atoms with Gasteiger partial charge >= 0.3 is 5.97 Å². The van der Waals surface area contributed by atoms with E-state index in [0.717, 1.165) is 5.56 Å². The number of aliphatic carboxylic acids is 1. The minimum atomic E-state index is -0.988. The van der Waals surface area contributed by atoms with Crippen LogP contribution >= 0.6 is 0 Å². The maximum Gasteiger partial charge on any atom is 0.306 e. The van der Waals surface area contributed by atoms with Crippen molar-refractivity contribution < 1.29 is 15.0 Å². The van der Waals surface area contributed by atoms with Crippen molar-refractivity contribution in [3.63, 3.8) is 0 Å². The third kappa shape index (κ3) is 3.36. The molecule has 3 heteroatoms. The molecule has 0 amide bonds. The van der Waals surface area contributed by atoms with E-state index in [0.29, 0.717) is 11.5 Å². The number of carboxylic acid groups (broad SMARTS) is 1. The van der Waals surface area contributed by atoms with Gasteiger partial charge in [-0.1, -0.05) is 38.1 Å². The summed E-state index contributed by atoms with van der Waals surface area (Å²) in [6.07, 6.45) is -1.16. The summed E-state index contributed by atoms with van der Waals surface area (Å²) in [5.41, 5.74) is 1.78. The fourth-order valence-corrected chi connectivity index (χ4v) is 1.41. The minimum Gasteiger partial charge on any atom is -0.481 e. The summed E-state index contributed by atoms with van der Waals surface area (Å²) >= 11 is 0. The molecule has 0 fully saturated rings. The monoisotopic (exact) mass is 208 g/mol. The van der Waals surface area contributed by atoms with Crippen molar-refractivity contribution in [1.82, 2.24) is 0 Å². The van der Waals surface area contributed by atoms with Crippen LogP contribution < -0.4 is 0 Å². The second kappa shape index (κ2) is 4.94. The molecule has 0 unspecified atom stereocenters. The highest BCUT2D eigenvalue weighted by Gasteiger charge is 2.12. The molecule has 0 heterocycles. The first-order valence-corrected chi connectivity index (χ1v) is 5.00. The Morgan fingerprint density at radius 3 is 2.47 bits per heavy atom. The minimum absolute atomic E-state index is 0.248. The van der Waals surface area contributed by atoms with Gasteiger partial charge < -0.3 is 10.2 Å². The number of hydrogen-bond acceptors (Lipinski definition) is 2. The first kappa shape index (κ1) is 11.7. The van der Waals surface area contributed by atoms with Crippen molar-refractivity contribution in [3.05, 3.63) is 35.4 Å². The zero-order valence-corrected chi connectivity index (χ0v) is 8.97. The molecule has 0 radical (unpaired) electrons. The number of aliphatic hydroxyl groups excluding tert-OH is 1. The highest BCUT2D eigenvalue weighted by Crippen LogP contribution is 2.21. The first-order chi connectivity index (χ1) is 7.00. The fourth-order valence-electron chi connectivity index (χ4n) is 1.41. The molecule has 0 aliphatic heterocycles. The molecule has 0 saturated heterocycles. The molecular formula is C12H16O3. The standard InChI is InChI=1S/C12H16O3/c1-8(2)9-4-3-5-10(6-9)11(13)7-12(14)15/h3-6,8,11,13H,7H2,1-2H3,(H,14,15)/t11-/m0/s1. The molecule has 2 N–H and O–H groups in total. The summed E-state index contributed by atoms with van der Waals surface area (Å²) in [5, 5.41) is 18.2. The predicted molar refractivity (Wildman–Crippen MR) is 57.7 cm³/mol. The van der Waals surface area contributed by atoms with Gasteiger partial charge in [-0.2, -0.15) is 0 Å². The molecule has 0 aliphatic rings. The lowest BCUT2D eigenvalue weighted by Crippen LogP contribution is -2.05. The molecule has 0 aliphatic carbocycles. The number of benzene rings is 1. The molecule has 1 aromatic carbocycles. The van der Waals surface area contributed by atoms with Crippen LogP contribution in [0.3, 0.4) is 0 Å². The normalized spacial score (nSPS) is 12.8. The van der Waals surface area contributed by atoms with E-state index in [1.165, 1.54) is 0 Å². The lowest BCUT2D eigenvalue weighted by molar-refractivity contribution is -0.139. The number of hydrogen-bond donors (Lipinski definition) is 2. The number of aliphatic hydroxyl groups is 1. The van der Waals surface area contributed by atoms with E-state index in [2.05, 4.69) is 13.8 Å². The van der Waals surface area contributed by atoms with Gasteiger partial charge in [-0.05, 0) is 17.0 Å². The van der Waals surface area contributed by atoms with Gasteiger partial charge in [-0.15, -0.1) is 0 Å². The molecule has 0 saturated carbocycles. The quantitative estimate of drug-likeness (QED) is 0.798. The van der Waals surface area contributed by atoms with Crippen molar-refractivity contribution in [2.24, 2.45) is 0 Å². The van der Waals surface area contributed by atoms with Crippen molar-refractivity contribution in [3.8, 4) is 0 Å². The summed E-state index contributed by atoms with van der Waals surface area (Å²) in [4.78, 5) is 10.4. The summed E-state index contributed by atoms with van der Waals surface area (Å²) in [6, 6.07) is 7.43. The van der Waals surface area contributed by atoms with Crippen molar-refractivity contribution in [2.75, 3.05) is 0 Å². The van der Waals surface area contributed by atoms with E-state index >= 15 is 0 Å². The van der Waals surface area contributed by atoms with Gasteiger partial charge in [0.05, 0.1) is 12.5 Å². The van der Waals surface area contributed by atoms with Crippen molar-refractivity contribution >= 4 is 5.97 Å². The third-order valence-electron chi connectivity index (χ3n) is 2.33. The van der Waals surface area contributed by atoms with E-state index in [9.17, 15) is 9.90 Å². The van der Waals surface area contributed by atoms with Crippen LogP contribution in [-0.4, -0.2) is 16.2 Å². The Morgan fingerprint density at radius 2 is 1.93 bits per heavy atom.